The number of alkyl halides is 6. The number of nitrogens with one attached hydrogen (secondary N) is 2. The fraction of sp³-hybridized carbons (Fsp3) is 0.310. The van der Waals surface area contributed by atoms with Crippen LogP contribution in [0.5, 0.6) is 0 Å². The summed E-state index contributed by atoms with van der Waals surface area (Å²) in [7, 11) is 0. The minimum Gasteiger partial charge on any atom is -0.366 e. The molecule has 0 spiro atoms. The summed E-state index contributed by atoms with van der Waals surface area (Å²) in [6.45, 7) is 5.38. The molecule has 40 heavy (non-hydrogen) atoms. The SMILES string of the molecule is CC(C)CNC(=O)c1cc(NC(=O)c2cc(C(F)(F)F)cc(C(F)(F)F)c2)ccc1N1CCc2ccccc2C1. The van der Waals surface area contributed by atoms with Gasteiger partial charge in [-0.05, 0) is 59.9 Å². The minimum atomic E-state index is -5.09. The molecular formula is C29H27F6N3O2. The second-order valence-electron chi connectivity index (χ2n) is 10.0. The molecule has 0 fully saturated rings. The first kappa shape index (κ1) is 29.0. The molecule has 0 atom stereocenters. The van der Waals surface area contributed by atoms with Crippen LogP contribution in [0.3, 0.4) is 0 Å². The third-order valence-corrected chi connectivity index (χ3v) is 6.49. The molecule has 1 aliphatic heterocycles. The van der Waals surface area contributed by atoms with Crippen molar-refractivity contribution in [2.45, 2.75) is 39.2 Å². The maximum Gasteiger partial charge on any atom is 0.416 e. The Labute approximate surface area is 227 Å². The number of hydrogen-bond donors (Lipinski definition) is 2. The van der Waals surface area contributed by atoms with Crippen LogP contribution < -0.4 is 15.5 Å². The molecule has 2 amide bonds. The molecule has 1 heterocycles. The van der Waals surface area contributed by atoms with E-state index in [0.717, 1.165) is 12.0 Å². The number of carbonyl (C=O) groups excluding carboxylic acids is 2. The van der Waals surface area contributed by atoms with E-state index in [-0.39, 0.29) is 23.2 Å². The van der Waals surface area contributed by atoms with Gasteiger partial charge in [-0.15, -0.1) is 0 Å². The zero-order chi connectivity index (χ0) is 29.2. The summed E-state index contributed by atoms with van der Waals surface area (Å²) < 4.78 is 79.6. The lowest BCUT2D eigenvalue weighted by Crippen LogP contribution is -2.34. The Morgan fingerprint density at radius 1 is 0.850 bits per heavy atom. The Hall–Kier alpha value is -4.02. The first-order valence-electron chi connectivity index (χ1n) is 12.6. The predicted molar refractivity (Wildman–Crippen MR) is 139 cm³/mol. The number of benzene rings is 3. The summed E-state index contributed by atoms with van der Waals surface area (Å²) in [5, 5.41) is 5.18. The smallest absolute Gasteiger partial charge is 0.366 e. The van der Waals surface area contributed by atoms with Gasteiger partial charge in [-0.2, -0.15) is 26.3 Å². The molecule has 4 rings (SSSR count). The third kappa shape index (κ3) is 6.75. The second kappa shape index (κ2) is 11.2. The number of nitrogens with zero attached hydrogens (tertiary/aromatic N) is 1. The van der Waals surface area contributed by atoms with E-state index in [4.69, 9.17) is 0 Å². The third-order valence-electron chi connectivity index (χ3n) is 6.49. The summed E-state index contributed by atoms with van der Waals surface area (Å²) >= 11 is 0. The van der Waals surface area contributed by atoms with Crippen molar-refractivity contribution in [3.63, 3.8) is 0 Å². The van der Waals surface area contributed by atoms with Crippen molar-refractivity contribution in [3.05, 3.63) is 94.0 Å². The van der Waals surface area contributed by atoms with Crippen molar-refractivity contribution in [2.75, 3.05) is 23.3 Å². The van der Waals surface area contributed by atoms with E-state index < -0.39 is 40.9 Å². The molecule has 11 heteroatoms. The van der Waals surface area contributed by atoms with E-state index in [2.05, 4.69) is 10.6 Å². The van der Waals surface area contributed by atoms with Crippen LogP contribution in [0.15, 0.2) is 60.7 Å². The van der Waals surface area contributed by atoms with Gasteiger partial charge in [0, 0.05) is 36.6 Å². The Morgan fingerprint density at radius 2 is 1.48 bits per heavy atom. The standard InChI is InChI=1S/C29H27F6N3O2/c1-17(2)15-36-27(40)24-14-23(7-8-25(24)38-10-9-18-5-3-4-6-19(18)16-38)37-26(39)20-11-21(28(30,31)32)13-22(12-20)29(33,34)35/h3-8,11-14,17H,9-10,15-16H2,1-2H3,(H,36,40)(H,37,39). The summed E-state index contributed by atoms with van der Waals surface area (Å²) in [6, 6.07) is 13.1. The zero-order valence-electron chi connectivity index (χ0n) is 21.7. The maximum atomic E-state index is 13.3. The highest BCUT2D eigenvalue weighted by molar-refractivity contribution is 6.06. The van der Waals surface area contributed by atoms with Gasteiger partial charge in [0.15, 0.2) is 0 Å². The lowest BCUT2D eigenvalue weighted by Gasteiger charge is -2.32. The lowest BCUT2D eigenvalue weighted by atomic mass is 9.98. The van der Waals surface area contributed by atoms with Crippen molar-refractivity contribution in [1.82, 2.24) is 5.32 Å². The molecule has 1 aliphatic rings. The number of halogens is 6. The average molecular weight is 564 g/mol. The Balaban J connectivity index is 1.67. The molecule has 5 nitrogen and oxygen atoms in total. The predicted octanol–water partition coefficient (Wildman–Crippen LogP) is 6.93. The van der Waals surface area contributed by atoms with E-state index in [1.807, 2.05) is 43.0 Å². The lowest BCUT2D eigenvalue weighted by molar-refractivity contribution is -0.143. The average Bonchev–Trinajstić information content (AvgIpc) is 2.90. The molecule has 0 aromatic heterocycles. The summed E-state index contributed by atoms with van der Waals surface area (Å²) in [5.41, 5.74) is -0.845. The minimum absolute atomic E-state index is 0.0422. The van der Waals surface area contributed by atoms with Gasteiger partial charge < -0.3 is 15.5 Å². The molecule has 3 aromatic carbocycles. The van der Waals surface area contributed by atoms with Gasteiger partial charge in [0.25, 0.3) is 11.8 Å². The van der Waals surface area contributed by atoms with E-state index >= 15 is 0 Å². The van der Waals surface area contributed by atoms with Crippen LogP contribution in [0.4, 0.5) is 37.7 Å². The first-order valence-corrected chi connectivity index (χ1v) is 12.6. The van der Waals surface area contributed by atoms with Crippen LogP contribution in [-0.4, -0.2) is 24.9 Å². The number of amides is 2. The van der Waals surface area contributed by atoms with E-state index in [0.29, 0.717) is 37.5 Å². The van der Waals surface area contributed by atoms with Gasteiger partial charge in [0.05, 0.1) is 16.7 Å². The van der Waals surface area contributed by atoms with Crippen LogP contribution in [0.2, 0.25) is 0 Å². The molecule has 212 valence electrons. The van der Waals surface area contributed by atoms with Gasteiger partial charge in [-0.25, -0.2) is 0 Å². The molecule has 0 aliphatic carbocycles. The van der Waals surface area contributed by atoms with Gasteiger partial charge in [-0.1, -0.05) is 38.1 Å². The van der Waals surface area contributed by atoms with Crippen LogP contribution >= 0.6 is 0 Å². The molecule has 2 N–H and O–H groups in total. The van der Waals surface area contributed by atoms with Gasteiger partial charge >= 0.3 is 12.4 Å². The monoisotopic (exact) mass is 563 g/mol. The summed E-state index contributed by atoms with van der Waals surface area (Å²) in [6.07, 6.45) is -9.43. The molecule has 0 saturated heterocycles. The van der Waals surface area contributed by atoms with Crippen molar-refractivity contribution in [3.8, 4) is 0 Å². The van der Waals surface area contributed by atoms with Crippen molar-refractivity contribution in [1.29, 1.82) is 0 Å². The first-order chi connectivity index (χ1) is 18.7. The van der Waals surface area contributed by atoms with Gasteiger partial charge in [0.1, 0.15) is 0 Å². The second-order valence-corrected chi connectivity index (χ2v) is 10.0. The summed E-state index contributed by atoms with van der Waals surface area (Å²) in [4.78, 5) is 28.0. The van der Waals surface area contributed by atoms with E-state index in [9.17, 15) is 35.9 Å². The van der Waals surface area contributed by atoms with E-state index in [1.165, 1.54) is 17.7 Å². The maximum absolute atomic E-state index is 13.3. The highest BCUT2D eigenvalue weighted by Crippen LogP contribution is 2.37. The van der Waals surface area contributed by atoms with Crippen LogP contribution in [0.25, 0.3) is 0 Å². The number of anilines is 2. The zero-order valence-corrected chi connectivity index (χ0v) is 21.7. The van der Waals surface area contributed by atoms with Crippen LogP contribution in [0.1, 0.15) is 56.8 Å². The van der Waals surface area contributed by atoms with Crippen molar-refractivity contribution < 1.29 is 35.9 Å². The van der Waals surface area contributed by atoms with Crippen molar-refractivity contribution >= 4 is 23.2 Å². The largest absolute Gasteiger partial charge is 0.416 e. The molecule has 0 bridgehead atoms. The molecule has 3 aromatic rings. The van der Waals surface area contributed by atoms with Gasteiger partial charge in [-0.3, -0.25) is 9.59 Å². The molecular weight excluding hydrogens is 536 g/mol. The normalized spacial score (nSPS) is 13.7. The van der Waals surface area contributed by atoms with Crippen LogP contribution in [0, 0.1) is 5.92 Å². The quantitative estimate of drug-likeness (QED) is 0.320. The highest BCUT2D eigenvalue weighted by atomic mass is 19.4. The Morgan fingerprint density at radius 3 is 2.08 bits per heavy atom. The van der Waals surface area contributed by atoms with Crippen LogP contribution in [-0.2, 0) is 25.3 Å². The van der Waals surface area contributed by atoms with Crippen molar-refractivity contribution in [2.24, 2.45) is 5.92 Å². The molecule has 0 radical (unpaired) electrons. The highest BCUT2D eigenvalue weighted by Gasteiger charge is 2.37. The molecule has 0 saturated carbocycles. The number of hydrogen-bond acceptors (Lipinski definition) is 3. The number of fused-ring (bicyclic) bond motifs is 1. The topological polar surface area (TPSA) is 61.4 Å². The fourth-order valence-electron chi connectivity index (χ4n) is 4.45. The fourth-order valence-corrected chi connectivity index (χ4v) is 4.45. The number of carbonyl (C=O) groups is 2. The molecule has 0 unspecified atom stereocenters. The summed E-state index contributed by atoms with van der Waals surface area (Å²) in [5.74, 6) is -1.44. The Kier molecular flexibility index (Phi) is 8.13. The Bertz CT molecular complexity index is 1380. The number of rotatable bonds is 6. The van der Waals surface area contributed by atoms with E-state index in [1.54, 1.807) is 6.07 Å². The van der Waals surface area contributed by atoms with Gasteiger partial charge in [0.2, 0.25) is 0 Å².